The maximum Gasteiger partial charge on any atom is 0.198 e. The standard InChI is InChI=1S/C23H22O3Si/c1-5-13-10-14-12-17-20(23(26)19(14)18(11-13)27(2,3)4)22(25)16-9-7-6-8-15(16)21(17)24/h1,6-9,12-13,18,26H,10-11H2,2-4H3. The van der Waals surface area contributed by atoms with Crippen LogP contribution in [0.5, 0.6) is 5.75 Å². The van der Waals surface area contributed by atoms with Crippen LogP contribution in [0.2, 0.25) is 19.6 Å². The maximum absolute atomic E-state index is 13.1. The average Bonchev–Trinajstić information content (AvgIpc) is 2.64. The number of benzene rings is 2. The smallest absolute Gasteiger partial charge is 0.198 e. The zero-order chi connectivity index (χ0) is 19.5. The van der Waals surface area contributed by atoms with Crippen molar-refractivity contribution in [3.8, 4) is 18.1 Å². The van der Waals surface area contributed by atoms with E-state index in [9.17, 15) is 14.7 Å². The highest BCUT2D eigenvalue weighted by Gasteiger charge is 2.41. The number of hydrogen-bond acceptors (Lipinski definition) is 3. The third-order valence-corrected chi connectivity index (χ3v) is 8.55. The summed E-state index contributed by atoms with van der Waals surface area (Å²) < 4.78 is 0. The number of carbonyl (C=O) groups excluding carboxylic acids is 2. The first kappa shape index (κ1) is 17.8. The van der Waals surface area contributed by atoms with Gasteiger partial charge < -0.3 is 5.11 Å². The molecule has 3 nitrogen and oxygen atoms in total. The van der Waals surface area contributed by atoms with Gasteiger partial charge in [-0.15, -0.1) is 12.3 Å². The molecule has 2 unspecified atom stereocenters. The predicted octanol–water partition coefficient (Wildman–Crippen LogP) is 4.32. The van der Waals surface area contributed by atoms with Gasteiger partial charge in [0.1, 0.15) is 5.75 Å². The van der Waals surface area contributed by atoms with E-state index in [2.05, 4.69) is 25.6 Å². The molecule has 2 atom stereocenters. The molecule has 1 N–H and O–H groups in total. The predicted molar refractivity (Wildman–Crippen MR) is 108 cm³/mol. The highest BCUT2D eigenvalue weighted by atomic mass is 28.3. The van der Waals surface area contributed by atoms with Crippen molar-refractivity contribution in [1.29, 1.82) is 0 Å². The molecule has 2 aromatic rings. The second-order valence-corrected chi connectivity index (χ2v) is 14.1. The van der Waals surface area contributed by atoms with Crippen molar-refractivity contribution in [2.24, 2.45) is 5.92 Å². The fourth-order valence-corrected chi connectivity index (χ4v) is 6.71. The van der Waals surface area contributed by atoms with Crippen LogP contribution in [0.1, 0.15) is 54.9 Å². The summed E-state index contributed by atoms with van der Waals surface area (Å²) in [5.74, 6) is 2.49. The van der Waals surface area contributed by atoms with Crippen LogP contribution in [-0.4, -0.2) is 24.7 Å². The van der Waals surface area contributed by atoms with Crippen molar-refractivity contribution in [3.05, 3.63) is 63.7 Å². The lowest BCUT2D eigenvalue weighted by Crippen LogP contribution is -2.37. The summed E-state index contributed by atoms with van der Waals surface area (Å²) in [6, 6.07) is 8.64. The topological polar surface area (TPSA) is 54.4 Å². The van der Waals surface area contributed by atoms with Gasteiger partial charge in [-0.2, -0.15) is 0 Å². The van der Waals surface area contributed by atoms with Crippen molar-refractivity contribution in [2.45, 2.75) is 38.0 Å². The van der Waals surface area contributed by atoms with E-state index in [4.69, 9.17) is 6.42 Å². The number of terminal acetylenes is 1. The second kappa shape index (κ2) is 5.93. The van der Waals surface area contributed by atoms with Crippen LogP contribution in [0, 0.1) is 18.3 Å². The molecule has 0 aromatic heterocycles. The van der Waals surface area contributed by atoms with Crippen LogP contribution in [0.25, 0.3) is 0 Å². The highest BCUT2D eigenvalue weighted by Crippen LogP contribution is 2.48. The largest absolute Gasteiger partial charge is 0.507 e. The monoisotopic (exact) mass is 374 g/mol. The van der Waals surface area contributed by atoms with Crippen molar-refractivity contribution in [2.75, 3.05) is 0 Å². The van der Waals surface area contributed by atoms with Gasteiger partial charge in [0.25, 0.3) is 0 Å². The lowest BCUT2D eigenvalue weighted by molar-refractivity contribution is 0.0976. The normalized spacial score (nSPS) is 21.1. The van der Waals surface area contributed by atoms with Gasteiger partial charge in [0.05, 0.1) is 13.6 Å². The molecule has 2 aliphatic rings. The van der Waals surface area contributed by atoms with Crippen molar-refractivity contribution < 1.29 is 14.7 Å². The molecule has 4 rings (SSSR count). The number of carbonyl (C=O) groups is 2. The lowest BCUT2D eigenvalue weighted by Gasteiger charge is -2.38. The first-order chi connectivity index (χ1) is 12.7. The third kappa shape index (κ3) is 2.57. The van der Waals surface area contributed by atoms with E-state index in [0.29, 0.717) is 23.1 Å². The number of rotatable bonds is 1. The number of phenolic OH excluding ortho intramolecular Hbond substituents is 1. The molecule has 0 aliphatic heterocycles. The molecular weight excluding hydrogens is 352 g/mol. The second-order valence-electron chi connectivity index (χ2n) is 8.65. The van der Waals surface area contributed by atoms with Gasteiger partial charge in [0.15, 0.2) is 11.6 Å². The number of hydrogen-bond donors (Lipinski definition) is 1. The molecule has 0 radical (unpaired) electrons. The number of ketones is 2. The van der Waals surface area contributed by atoms with E-state index < -0.39 is 8.07 Å². The zero-order valence-corrected chi connectivity index (χ0v) is 16.8. The van der Waals surface area contributed by atoms with Gasteiger partial charge in [0.2, 0.25) is 0 Å². The molecule has 0 bridgehead atoms. The number of fused-ring (bicyclic) bond motifs is 3. The number of phenols is 1. The van der Waals surface area contributed by atoms with E-state index in [0.717, 1.165) is 17.5 Å². The van der Waals surface area contributed by atoms with Crippen LogP contribution in [0.4, 0.5) is 0 Å². The van der Waals surface area contributed by atoms with Crippen LogP contribution in [-0.2, 0) is 6.42 Å². The summed E-state index contributed by atoms with van der Waals surface area (Å²) in [6.45, 7) is 6.75. The Morgan fingerprint density at radius 3 is 2.30 bits per heavy atom. The summed E-state index contributed by atoms with van der Waals surface area (Å²) >= 11 is 0. The molecular formula is C23H22O3Si. The van der Waals surface area contributed by atoms with E-state index in [1.54, 1.807) is 24.3 Å². The molecule has 0 spiro atoms. The molecule has 2 aromatic carbocycles. The molecule has 4 heteroatoms. The fraction of sp³-hybridized carbons (Fsp3) is 0.304. The molecule has 0 heterocycles. The summed E-state index contributed by atoms with van der Waals surface area (Å²) in [4.78, 5) is 26.1. The Balaban J connectivity index is 2.00. The highest BCUT2D eigenvalue weighted by molar-refractivity contribution is 6.77. The fourth-order valence-electron chi connectivity index (χ4n) is 4.53. The van der Waals surface area contributed by atoms with Gasteiger partial charge in [-0.25, -0.2) is 0 Å². The minimum atomic E-state index is -1.70. The summed E-state index contributed by atoms with van der Waals surface area (Å²) in [7, 11) is -1.70. The van der Waals surface area contributed by atoms with Crippen molar-refractivity contribution in [3.63, 3.8) is 0 Å². The number of aromatic hydroxyl groups is 1. The molecule has 0 fully saturated rings. The van der Waals surface area contributed by atoms with Gasteiger partial charge in [-0.3, -0.25) is 9.59 Å². The van der Waals surface area contributed by atoms with Crippen LogP contribution >= 0.6 is 0 Å². The van der Waals surface area contributed by atoms with Crippen LogP contribution in [0.15, 0.2) is 30.3 Å². The third-order valence-electron chi connectivity index (χ3n) is 5.93. The van der Waals surface area contributed by atoms with Gasteiger partial charge in [0, 0.05) is 22.6 Å². The average molecular weight is 375 g/mol. The molecule has 2 aliphatic carbocycles. The quantitative estimate of drug-likeness (QED) is 0.510. The summed E-state index contributed by atoms with van der Waals surface area (Å²) in [5.41, 5.74) is 3.18. The minimum absolute atomic E-state index is 0.00162. The molecule has 0 saturated carbocycles. The Bertz CT molecular complexity index is 1040. The summed E-state index contributed by atoms with van der Waals surface area (Å²) in [6.07, 6.45) is 7.20. The molecule has 27 heavy (non-hydrogen) atoms. The van der Waals surface area contributed by atoms with Gasteiger partial charge in [-0.1, -0.05) is 43.9 Å². The molecule has 0 saturated heterocycles. The maximum atomic E-state index is 13.1. The molecule has 136 valence electrons. The van der Waals surface area contributed by atoms with Crippen LogP contribution in [0.3, 0.4) is 0 Å². The first-order valence-electron chi connectivity index (χ1n) is 9.27. The first-order valence-corrected chi connectivity index (χ1v) is 12.8. The Kier molecular flexibility index (Phi) is 3.90. The summed E-state index contributed by atoms with van der Waals surface area (Å²) in [5, 5.41) is 11.2. The molecule has 0 amide bonds. The van der Waals surface area contributed by atoms with Crippen molar-refractivity contribution >= 4 is 19.6 Å². The Morgan fingerprint density at radius 2 is 1.70 bits per heavy atom. The zero-order valence-electron chi connectivity index (χ0n) is 15.8. The SMILES string of the molecule is C#CC1Cc2cc3c(c(O)c2C([Si](C)(C)C)C1)C(=O)c1ccccc1C3=O. The Labute approximate surface area is 160 Å². The lowest BCUT2D eigenvalue weighted by atomic mass is 9.76. The minimum Gasteiger partial charge on any atom is -0.507 e. The van der Waals surface area contributed by atoms with E-state index in [1.165, 1.54) is 0 Å². The van der Waals surface area contributed by atoms with E-state index >= 15 is 0 Å². The van der Waals surface area contributed by atoms with Crippen LogP contribution < -0.4 is 0 Å². The van der Waals surface area contributed by atoms with Gasteiger partial charge in [-0.05, 0) is 35.6 Å². The van der Waals surface area contributed by atoms with E-state index in [1.807, 2.05) is 6.07 Å². The Morgan fingerprint density at radius 1 is 1.07 bits per heavy atom. The van der Waals surface area contributed by atoms with Crippen molar-refractivity contribution in [1.82, 2.24) is 0 Å². The Hall–Kier alpha value is -2.64. The van der Waals surface area contributed by atoms with E-state index in [-0.39, 0.29) is 34.3 Å². The van der Waals surface area contributed by atoms with Gasteiger partial charge >= 0.3 is 0 Å².